The number of aromatic carboxylic acids is 1. The monoisotopic (exact) mass is 1480 g/mol. The van der Waals surface area contributed by atoms with Gasteiger partial charge in [-0.05, 0) is 83.5 Å². The van der Waals surface area contributed by atoms with Gasteiger partial charge in [0.1, 0.15) is 41.0 Å². The molecule has 0 spiro atoms. The molecule has 35 heteroatoms. The average molecular weight is 1480 g/mol. The first-order chi connectivity index (χ1) is 43.6. The molecule has 0 bridgehead atoms. The molecule has 0 aliphatic carbocycles. The van der Waals surface area contributed by atoms with E-state index in [0.29, 0.717) is 70.8 Å². The molecule has 24 nitrogen and oxygen atoms in total. The van der Waals surface area contributed by atoms with Gasteiger partial charge < -0.3 is 51.1 Å². The van der Waals surface area contributed by atoms with Crippen molar-refractivity contribution in [2.75, 3.05) is 68.2 Å². The lowest BCUT2D eigenvalue weighted by atomic mass is 10.2. The molecule has 1 saturated heterocycles. The van der Waals surface area contributed by atoms with Gasteiger partial charge in [-0.3, -0.25) is 39.0 Å². The molecule has 9 heterocycles. The summed E-state index contributed by atoms with van der Waals surface area (Å²) in [6.07, 6.45) is 2.75. The van der Waals surface area contributed by atoms with E-state index in [9.17, 15) is 43.7 Å². The number of hydrogen-bond acceptors (Lipinski definition) is 22. The van der Waals surface area contributed by atoms with E-state index in [4.69, 9.17) is 62.0 Å². The van der Waals surface area contributed by atoms with E-state index in [1.54, 1.807) is 23.9 Å². The zero-order valence-corrected chi connectivity index (χ0v) is 56.5. The van der Waals surface area contributed by atoms with Crippen LogP contribution in [0.15, 0.2) is 116 Å². The normalized spacial score (nSPS) is 11.5. The molecule has 1 fully saturated rings. The molecule has 1 aliphatic heterocycles. The molecular formula is C58H53Cl5N12O12S6. The minimum absolute atomic E-state index is 0. The van der Waals surface area contributed by atoms with Gasteiger partial charge in [0.15, 0.2) is 11.4 Å². The Morgan fingerprint density at radius 3 is 1.70 bits per heavy atom. The fourth-order valence-corrected chi connectivity index (χ4v) is 14.3. The SMILES string of the molecule is C.COC(=O)c1cc(N)sn1.Cc1cc(NC(=O)c2sc3ccccc3c2Cl)sn1.Cl.Cn1cc(NC(=O)c2cc([N+](=O)[O-])c[nH]2)cc1C(=O)NCCN1CCOCC1.O=C(Cl)c1sc2ccccc2c1Cl.O=C(O)c1cc(NC(=O)c2sc3ccccc3c2Cl)sn1. The van der Waals surface area contributed by atoms with E-state index < -0.39 is 28.0 Å². The molecule has 8 N–H and O–H groups in total. The zero-order valence-electron chi connectivity index (χ0n) is 47.8. The maximum Gasteiger partial charge on any atom is 0.357 e. The van der Waals surface area contributed by atoms with Gasteiger partial charge in [0, 0.05) is 87.9 Å². The number of carbonyl (C=O) groups is 7. The molecular weight excluding hydrogens is 1430 g/mol. The average Bonchev–Trinajstić information content (AvgIpc) is 1.68. The van der Waals surface area contributed by atoms with Gasteiger partial charge in [0.25, 0.3) is 34.6 Å². The third kappa shape index (κ3) is 19.8. The van der Waals surface area contributed by atoms with Crippen molar-refractivity contribution in [2.45, 2.75) is 14.4 Å². The topological polar surface area (TPSA) is 338 Å². The van der Waals surface area contributed by atoms with E-state index in [1.807, 2.05) is 85.8 Å². The number of methoxy groups -OCH3 is 1. The molecule has 3 aromatic carbocycles. The number of aromatic nitrogens is 5. The van der Waals surface area contributed by atoms with Crippen molar-refractivity contribution in [1.82, 2.24) is 32.9 Å². The number of nitrogens with two attached hydrogens (primary N) is 1. The van der Waals surface area contributed by atoms with Crippen LogP contribution in [0.25, 0.3) is 30.3 Å². The molecule has 0 atom stereocenters. The Bertz CT molecular complexity index is 4470. The van der Waals surface area contributed by atoms with E-state index in [1.165, 1.54) is 64.8 Å². The van der Waals surface area contributed by atoms with Crippen LogP contribution in [0.3, 0.4) is 0 Å². The van der Waals surface area contributed by atoms with Gasteiger partial charge in [-0.25, -0.2) is 9.59 Å². The van der Waals surface area contributed by atoms with E-state index >= 15 is 0 Å². The molecule has 488 valence electrons. The Morgan fingerprint density at radius 1 is 0.720 bits per heavy atom. The number of nitro groups is 1. The number of benzene rings is 3. The highest BCUT2D eigenvalue weighted by Crippen LogP contribution is 2.38. The summed E-state index contributed by atoms with van der Waals surface area (Å²) in [7, 11) is 3.00. The van der Waals surface area contributed by atoms with E-state index in [0.717, 1.165) is 95.9 Å². The molecule has 12 rings (SSSR count). The number of hydrogen-bond donors (Lipinski definition) is 7. The lowest BCUT2D eigenvalue weighted by Crippen LogP contribution is -2.41. The smallest absolute Gasteiger partial charge is 0.357 e. The molecule has 8 aromatic heterocycles. The van der Waals surface area contributed by atoms with Crippen LogP contribution in [0.1, 0.15) is 84.1 Å². The van der Waals surface area contributed by atoms with Crippen LogP contribution in [-0.2, 0) is 16.5 Å². The van der Waals surface area contributed by atoms with Crippen molar-refractivity contribution in [3.63, 3.8) is 0 Å². The number of halogens is 5. The molecule has 93 heavy (non-hydrogen) atoms. The highest BCUT2D eigenvalue weighted by atomic mass is 35.5. The minimum atomic E-state index is -1.13. The summed E-state index contributed by atoms with van der Waals surface area (Å²) in [6, 6.07) is 30.1. The number of carbonyl (C=O) groups excluding carboxylic acids is 6. The molecule has 0 unspecified atom stereocenters. The summed E-state index contributed by atoms with van der Waals surface area (Å²) < 4.78 is 25.8. The lowest BCUT2D eigenvalue weighted by molar-refractivity contribution is -0.384. The third-order valence-electron chi connectivity index (χ3n) is 12.4. The summed E-state index contributed by atoms with van der Waals surface area (Å²) in [5.41, 5.74) is 7.06. The van der Waals surface area contributed by atoms with Crippen molar-refractivity contribution in [2.24, 2.45) is 7.05 Å². The second-order valence-electron chi connectivity index (χ2n) is 18.6. The number of esters is 1. The number of morpholine rings is 1. The molecule has 0 radical (unpaired) electrons. The molecule has 1 aliphatic rings. The van der Waals surface area contributed by atoms with Crippen LogP contribution in [0.2, 0.25) is 15.1 Å². The Morgan fingerprint density at radius 2 is 1.24 bits per heavy atom. The highest BCUT2D eigenvalue weighted by Gasteiger charge is 2.22. The number of nitrogens with one attached hydrogen (secondary N) is 5. The number of ether oxygens (including phenoxy) is 2. The third-order valence-corrected chi connectivity index (χ3v) is 19.8. The number of carboxylic acid groups (broad SMARTS) is 1. The first-order valence-electron chi connectivity index (χ1n) is 26.2. The van der Waals surface area contributed by atoms with Gasteiger partial charge in [0.05, 0.1) is 57.9 Å². The largest absolute Gasteiger partial charge is 0.476 e. The second kappa shape index (κ2) is 34.8. The highest BCUT2D eigenvalue weighted by molar-refractivity contribution is 7.23. The Hall–Kier alpha value is -7.95. The van der Waals surface area contributed by atoms with Crippen LogP contribution >= 0.6 is 127 Å². The maximum absolute atomic E-state index is 12.4. The summed E-state index contributed by atoms with van der Waals surface area (Å²) in [5.74, 6) is -2.92. The zero-order chi connectivity index (χ0) is 65.5. The predicted molar refractivity (Wildman–Crippen MR) is 375 cm³/mol. The summed E-state index contributed by atoms with van der Waals surface area (Å²) in [4.78, 5) is 97.6. The first kappa shape index (κ1) is 74.1. The molecule has 11 aromatic rings. The fraction of sp³-hybridized carbons (Fsp3) is 0.172. The molecule has 4 amide bonds. The van der Waals surface area contributed by atoms with Crippen LogP contribution < -0.4 is 27.0 Å². The van der Waals surface area contributed by atoms with Crippen LogP contribution in [0, 0.1) is 17.0 Å². The summed E-state index contributed by atoms with van der Waals surface area (Å²) >= 11 is 31.1. The number of anilines is 4. The molecule has 0 saturated carbocycles. The number of aromatic amines is 1. The summed E-state index contributed by atoms with van der Waals surface area (Å²) in [6.45, 7) is 6.27. The van der Waals surface area contributed by atoms with Crippen molar-refractivity contribution in [1.29, 1.82) is 0 Å². The number of thiophene rings is 3. The lowest BCUT2D eigenvalue weighted by Gasteiger charge is -2.26. The van der Waals surface area contributed by atoms with Crippen molar-refractivity contribution >= 4 is 225 Å². The van der Waals surface area contributed by atoms with Crippen LogP contribution in [-0.4, -0.2) is 125 Å². The van der Waals surface area contributed by atoms with Gasteiger partial charge in [-0.15, -0.1) is 46.4 Å². The number of fused-ring (bicyclic) bond motifs is 3. The Labute approximate surface area is 579 Å². The van der Waals surface area contributed by atoms with Gasteiger partial charge in [-0.2, -0.15) is 13.1 Å². The van der Waals surface area contributed by atoms with Crippen molar-refractivity contribution < 1.29 is 53.1 Å². The quantitative estimate of drug-likeness (QED) is 0.0230. The van der Waals surface area contributed by atoms with E-state index in [-0.39, 0.29) is 60.3 Å². The number of carboxylic acids is 1. The van der Waals surface area contributed by atoms with Crippen LogP contribution in [0.4, 0.5) is 26.4 Å². The van der Waals surface area contributed by atoms with Gasteiger partial charge in [-0.1, -0.05) is 96.8 Å². The number of amides is 4. The Kier molecular flexibility index (Phi) is 27.7. The fourth-order valence-electron chi connectivity index (χ4n) is 8.06. The maximum atomic E-state index is 12.4. The number of nitrogen functional groups attached to an aromatic ring is 1. The van der Waals surface area contributed by atoms with Crippen molar-refractivity contribution in [3.05, 3.63) is 184 Å². The van der Waals surface area contributed by atoms with Gasteiger partial charge in [0.2, 0.25) is 0 Å². The number of aryl methyl sites for hydroxylation is 2. The minimum Gasteiger partial charge on any atom is -0.476 e. The van der Waals surface area contributed by atoms with E-state index in [2.05, 4.69) is 49.0 Å². The number of rotatable bonds is 14. The van der Waals surface area contributed by atoms with Crippen molar-refractivity contribution in [3.8, 4) is 0 Å². The van der Waals surface area contributed by atoms with Gasteiger partial charge >= 0.3 is 11.9 Å². The first-order valence-corrected chi connectivity index (χ1v) is 32.5. The Balaban J connectivity index is 0.000000190. The predicted octanol–water partition coefficient (Wildman–Crippen LogP) is 14.6. The number of H-pyrrole nitrogens is 1. The second-order valence-corrected chi connectivity index (χ2v) is 25.7. The summed E-state index contributed by atoms with van der Waals surface area (Å²) in [5, 5.41) is 35.5. The van der Waals surface area contributed by atoms with Crippen LogP contribution in [0.5, 0.6) is 0 Å². The standard InChI is InChI=1S/C17H22N6O5.C13H7ClN2O3S2.C13H9ClN2OS2.C9H4Cl2OS.C5H6N2O2S.CH4.ClH/c1-21-11-12(20-16(24)14-9-13(10-19-14)23(26)27)8-15(21)17(25)18-2-3-22-4-6-28-7-5-22;14-10-6-3-1-2-4-8(6)20-11(10)12(17)15-9-5-7(13(18)19)16-21-9;1-7-6-10(19-16-7)15-13(17)12-11(14)8-4-2-3-5-9(8)18-12;10-7-5-3-1-2-4-6(5)13-8(7)9(11)12;1-9-5(8)3-2-4(6)10-7-3;;/h8-11,19H,2-7H2,1H3,(H,18,25)(H,20,24);1-5H,(H,15,17)(H,18,19);2-6H,1H3,(H,15,17);1-4H;2H,6H2,1H3;1H4;1H. The number of nitrogens with zero attached hydrogens (tertiary/aromatic N) is 6.